The van der Waals surface area contributed by atoms with Crippen LogP contribution >= 0.6 is 0 Å². The van der Waals surface area contributed by atoms with Gasteiger partial charge in [0.1, 0.15) is 5.78 Å². The summed E-state index contributed by atoms with van der Waals surface area (Å²) in [5.41, 5.74) is 7.63. The fourth-order valence-corrected chi connectivity index (χ4v) is 2.27. The van der Waals surface area contributed by atoms with E-state index in [1.165, 1.54) is 5.56 Å². The molecule has 18 heavy (non-hydrogen) atoms. The number of hydrogen-bond donors (Lipinski definition) is 1. The SMILES string of the molecule is CCC(CC)CC(=O)CC(C)c1ccc(N)cc1. The van der Waals surface area contributed by atoms with Gasteiger partial charge in [-0.3, -0.25) is 4.79 Å². The molecule has 1 aromatic rings. The molecule has 0 spiro atoms. The van der Waals surface area contributed by atoms with Crippen LogP contribution in [0, 0.1) is 5.92 Å². The lowest BCUT2D eigenvalue weighted by Crippen LogP contribution is -2.10. The molecule has 0 heterocycles. The van der Waals surface area contributed by atoms with E-state index in [4.69, 9.17) is 5.73 Å². The molecule has 1 unspecified atom stereocenters. The maximum atomic E-state index is 12.0. The van der Waals surface area contributed by atoms with Gasteiger partial charge in [-0.15, -0.1) is 0 Å². The summed E-state index contributed by atoms with van der Waals surface area (Å²) in [7, 11) is 0. The maximum Gasteiger partial charge on any atom is 0.133 e. The zero-order valence-electron chi connectivity index (χ0n) is 11.8. The quantitative estimate of drug-likeness (QED) is 0.735. The Balaban J connectivity index is 2.51. The summed E-state index contributed by atoms with van der Waals surface area (Å²) < 4.78 is 0. The van der Waals surface area contributed by atoms with Gasteiger partial charge in [-0.1, -0.05) is 45.7 Å². The van der Waals surface area contributed by atoms with Crippen molar-refractivity contribution in [3.8, 4) is 0 Å². The average molecular weight is 247 g/mol. The summed E-state index contributed by atoms with van der Waals surface area (Å²) in [5.74, 6) is 1.22. The average Bonchev–Trinajstić information content (AvgIpc) is 2.36. The van der Waals surface area contributed by atoms with Gasteiger partial charge in [0.05, 0.1) is 0 Å². The Bertz CT molecular complexity index is 365. The van der Waals surface area contributed by atoms with E-state index in [-0.39, 0.29) is 5.92 Å². The number of nitrogens with two attached hydrogens (primary N) is 1. The Hall–Kier alpha value is -1.31. The molecule has 1 atom stereocenters. The van der Waals surface area contributed by atoms with Crippen molar-refractivity contribution in [2.24, 2.45) is 5.92 Å². The van der Waals surface area contributed by atoms with Crippen LogP contribution in [0.5, 0.6) is 0 Å². The number of Topliss-reactive ketones (excluding diaryl/α,β-unsaturated/α-hetero) is 1. The first kappa shape index (κ1) is 14.7. The van der Waals surface area contributed by atoms with Crippen molar-refractivity contribution >= 4 is 11.5 Å². The Morgan fingerprint density at radius 2 is 1.67 bits per heavy atom. The minimum Gasteiger partial charge on any atom is -0.399 e. The molecule has 0 aliphatic rings. The number of hydrogen-bond acceptors (Lipinski definition) is 2. The predicted molar refractivity (Wildman–Crippen MR) is 77.6 cm³/mol. The van der Waals surface area contributed by atoms with Crippen LogP contribution in [-0.4, -0.2) is 5.78 Å². The van der Waals surface area contributed by atoms with E-state index in [2.05, 4.69) is 20.8 Å². The van der Waals surface area contributed by atoms with Crippen molar-refractivity contribution in [1.82, 2.24) is 0 Å². The highest BCUT2D eigenvalue weighted by Gasteiger charge is 2.14. The minimum absolute atomic E-state index is 0.285. The van der Waals surface area contributed by atoms with Crippen molar-refractivity contribution in [1.29, 1.82) is 0 Å². The van der Waals surface area contributed by atoms with Crippen molar-refractivity contribution in [2.75, 3.05) is 5.73 Å². The Morgan fingerprint density at radius 1 is 1.11 bits per heavy atom. The molecule has 0 aromatic heterocycles. The first-order chi connectivity index (χ1) is 8.56. The van der Waals surface area contributed by atoms with Crippen LogP contribution < -0.4 is 5.73 Å². The van der Waals surface area contributed by atoms with Gasteiger partial charge in [0.25, 0.3) is 0 Å². The van der Waals surface area contributed by atoms with Crippen LogP contribution in [0.3, 0.4) is 0 Å². The lowest BCUT2D eigenvalue weighted by molar-refractivity contribution is -0.120. The largest absolute Gasteiger partial charge is 0.399 e. The first-order valence-corrected chi connectivity index (χ1v) is 6.93. The fraction of sp³-hybridized carbons (Fsp3) is 0.562. The molecule has 0 saturated heterocycles. The van der Waals surface area contributed by atoms with Gasteiger partial charge in [0.2, 0.25) is 0 Å². The smallest absolute Gasteiger partial charge is 0.133 e. The summed E-state index contributed by atoms with van der Waals surface area (Å²) in [6.45, 7) is 6.42. The van der Waals surface area contributed by atoms with Crippen molar-refractivity contribution < 1.29 is 4.79 Å². The zero-order valence-corrected chi connectivity index (χ0v) is 11.8. The van der Waals surface area contributed by atoms with Crippen LogP contribution in [-0.2, 0) is 4.79 Å². The number of ketones is 1. The van der Waals surface area contributed by atoms with E-state index in [1.807, 2.05) is 24.3 Å². The Morgan fingerprint density at radius 3 is 2.17 bits per heavy atom. The monoisotopic (exact) mass is 247 g/mol. The van der Waals surface area contributed by atoms with E-state index in [0.717, 1.165) is 24.9 Å². The van der Waals surface area contributed by atoms with Gasteiger partial charge >= 0.3 is 0 Å². The van der Waals surface area contributed by atoms with E-state index < -0.39 is 0 Å². The van der Waals surface area contributed by atoms with Gasteiger partial charge in [-0.25, -0.2) is 0 Å². The van der Waals surface area contributed by atoms with E-state index in [0.29, 0.717) is 18.1 Å². The van der Waals surface area contributed by atoms with Gasteiger partial charge in [-0.05, 0) is 29.5 Å². The molecule has 0 radical (unpaired) electrons. The predicted octanol–water partition coefficient (Wildman–Crippen LogP) is 4.16. The van der Waals surface area contributed by atoms with Gasteiger partial charge in [0.15, 0.2) is 0 Å². The fourth-order valence-electron chi connectivity index (χ4n) is 2.27. The molecular weight excluding hydrogens is 222 g/mol. The normalized spacial score (nSPS) is 12.7. The second kappa shape index (κ2) is 7.20. The van der Waals surface area contributed by atoms with Crippen LogP contribution in [0.25, 0.3) is 0 Å². The van der Waals surface area contributed by atoms with Gasteiger partial charge in [0, 0.05) is 18.5 Å². The molecule has 2 heteroatoms. The highest BCUT2D eigenvalue weighted by Crippen LogP contribution is 2.23. The van der Waals surface area contributed by atoms with Gasteiger partial charge < -0.3 is 5.73 Å². The number of anilines is 1. The third kappa shape index (κ3) is 4.52. The topological polar surface area (TPSA) is 43.1 Å². The lowest BCUT2D eigenvalue weighted by Gasteiger charge is -2.14. The number of carbonyl (C=O) groups excluding carboxylic acids is 1. The third-order valence-electron chi connectivity index (χ3n) is 3.71. The number of carbonyl (C=O) groups is 1. The molecule has 0 aliphatic carbocycles. The zero-order chi connectivity index (χ0) is 13.5. The molecule has 100 valence electrons. The highest BCUT2D eigenvalue weighted by molar-refractivity contribution is 5.79. The number of rotatable bonds is 7. The molecule has 2 nitrogen and oxygen atoms in total. The van der Waals surface area contributed by atoms with Crippen LogP contribution in [0.15, 0.2) is 24.3 Å². The summed E-state index contributed by atoms with van der Waals surface area (Å²) in [5, 5.41) is 0. The maximum absolute atomic E-state index is 12.0. The van der Waals surface area contributed by atoms with Crippen molar-refractivity contribution in [2.45, 2.75) is 52.4 Å². The van der Waals surface area contributed by atoms with Crippen LogP contribution in [0.4, 0.5) is 5.69 Å². The summed E-state index contributed by atoms with van der Waals surface area (Å²) in [6.07, 6.45) is 3.56. The molecule has 0 saturated carbocycles. The summed E-state index contributed by atoms with van der Waals surface area (Å²) >= 11 is 0. The minimum atomic E-state index is 0.285. The lowest BCUT2D eigenvalue weighted by atomic mass is 9.90. The molecular formula is C16H25NO. The second-order valence-electron chi connectivity index (χ2n) is 5.20. The second-order valence-corrected chi connectivity index (χ2v) is 5.20. The first-order valence-electron chi connectivity index (χ1n) is 6.93. The van der Waals surface area contributed by atoms with E-state index >= 15 is 0 Å². The highest BCUT2D eigenvalue weighted by atomic mass is 16.1. The summed E-state index contributed by atoms with van der Waals surface area (Å²) in [4.78, 5) is 12.0. The van der Waals surface area contributed by atoms with Crippen LogP contribution in [0.2, 0.25) is 0 Å². The molecule has 1 rings (SSSR count). The molecule has 1 aromatic carbocycles. The van der Waals surface area contributed by atoms with Crippen molar-refractivity contribution in [3.63, 3.8) is 0 Å². The van der Waals surface area contributed by atoms with Crippen molar-refractivity contribution in [3.05, 3.63) is 29.8 Å². The van der Waals surface area contributed by atoms with Crippen LogP contribution in [0.1, 0.15) is 57.9 Å². The molecule has 0 fully saturated rings. The number of benzene rings is 1. The van der Waals surface area contributed by atoms with E-state index in [1.54, 1.807) is 0 Å². The number of nitrogen functional groups attached to an aromatic ring is 1. The molecule has 0 aliphatic heterocycles. The summed E-state index contributed by atoms with van der Waals surface area (Å²) in [6, 6.07) is 7.84. The van der Waals surface area contributed by atoms with Gasteiger partial charge in [-0.2, -0.15) is 0 Å². The standard InChI is InChI=1S/C16H25NO/c1-4-13(5-2)11-16(18)10-12(3)14-6-8-15(17)9-7-14/h6-9,12-13H,4-5,10-11,17H2,1-3H3. The van der Waals surface area contributed by atoms with E-state index in [9.17, 15) is 4.79 Å². The molecule has 0 amide bonds. The Kier molecular flexibility index (Phi) is 5.90. The Labute approximate surface area is 111 Å². The molecule has 0 bridgehead atoms. The molecule has 2 N–H and O–H groups in total. The third-order valence-corrected chi connectivity index (χ3v) is 3.71.